The molecule has 2 aliphatic carbocycles. The molecule has 2 aliphatic rings. The Morgan fingerprint density at radius 1 is 0.944 bits per heavy atom. The van der Waals surface area contributed by atoms with Crippen LogP contribution in [0.1, 0.15) is 71.6 Å². The fourth-order valence-electron chi connectivity index (χ4n) is 4.39. The summed E-state index contributed by atoms with van der Waals surface area (Å²) in [6.45, 7) is 7.15. The van der Waals surface area contributed by atoms with E-state index in [2.05, 4.69) is 19.2 Å². The molecule has 1 N–H and O–H groups in total. The first-order valence-electron chi connectivity index (χ1n) is 8.52. The third-order valence-electron chi connectivity index (χ3n) is 5.47. The molecule has 0 aromatic carbocycles. The molecule has 2 rings (SSSR count). The quantitative estimate of drug-likeness (QED) is 0.719. The fourth-order valence-corrected chi connectivity index (χ4v) is 4.39. The van der Waals surface area contributed by atoms with Crippen LogP contribution in [0.5, 0.6) is 0 Å². The normalized spacial score (nSPS) is 35.3. The van der Waals surface area contributed by atoms with Crippen molar-refractivity contribution in [2.45, 2.75) is 71.6 Å². The molecule has 3 unspecified atom stereocenters. The first-order chi connectivity index (χ1) is 8.81. The van der Waals surface area contributed by atoms with Crippen LogP contribution in [0.3, 0.4) is 0 Å². The van der Waals surface area contributed by atoms with Gasteiger partial charge >= 0.3 is 0 Å². The Bertz CT molecular complexity index is 216. The molecule has 1 nitrogen and oxygen atoms in total. The number of rotatable bonds is 4. The third kappa shape index (κ3) is 3.98. The Kier molecular flexibility index (Phi) is 6.01. The predicted molar refractivity (Wildman–Crippen MR) is 79.7 cm³/mol. The third-order valence-corrected chi connectivity index (χ3v) is 5.47. The molecule has 0 saturated heterocycles. The predicted octanol–water partition coefficient (Wildman–Crippen LogP) is 4.62. The second-order valence-corrected chi connectivity index (χ2v) is 6.90. The maximum atomic E-state index is 3.62. The van der Waals surface area contributed by atoms with Crippen LogP contribution < -0.4 is 5.32 Å². The summed E-state index contributed by atoms with van der Waals surface area (Å²) in [5.74, 6) is 4.05. The van der Waals surface area contributed by atoms with E-state index in [0.717, 1.165) is 30.2 Å². The summed E-state index contributed by atoms with van der Waals surface area (Å²) in [6.07, 6.45) is 13.5. The number of hydrogen-bond donors (Lipinski definition) is 1. The van der Waals surface area contributed by atoms with E-state index in [1.165, 1.54) is 64.3 Å². The molecular weight excluding hydrogens is 218 g/mol. The van der Waals surface area contributed by atoms with E-state index in [4.69, 9.17) is 0 Å². The van der Waals surface area contributed by atoms with Crippen LogP contribution in [0.25, 0.3) is 0 Å². The molecule has 3 atom stereocenters. The molecule has 0 aromatic heterocycles. The summed E-state index contributed by atoms with van der Waals surface area (Å²) in [5, 5.41) is 3.62. The van der Waals surface area contributed by atoms with Gasteiger partial charge in [0.15, 0.2) is 0 Å². The Morgan fingerprint density at radius 2 is 1.67 bits per heavy atom. The zero-order chi connectivity index (χ0) is 12.8. The summed E-state index contributed by atoms with van der Waals surface area (Å²) in [5.41, 5.74) is 0. The molecule has 1 heteroatoms. The first kappa shape index (κ1) is 14.4. The Balaban J connectivity index is 1.94. The molecule has 2 fully saturated rings. The molecular formula is C17H33N. The van der Waals surface area contributed by atoms with E-state index in [0.29, 0.717) is 0 Å². The van der Waals surface area contributed by atoms with Crippen molar-refractivity contribution >= 4 is 0 Å². The van der Waals surface area contributed by atoms with Crippen molar-refractivity contribution in [2.75, 3.05) is 13.1 Å². The van der Waals surface area contributed by atoms with Gasteiger partial charge in [-0.1, -0.05) is 58.8 Å². The van der Waals surface area contributed by atoms with Crippen LogP contribution >= 0.6 is 0 Å². The lowest BCUT2D eigenvalue weighted by molar-refractivity contribution is 0.115. The Morgan fingerprint density at radius 3 is 2.33 bits per heavy atom. The molecule has 0 aliphatic heterocycles. The van der Waals surface area contributed by atoms with Gasteiger partial charge < -0.3 is 5.32 Å². The van der Waals surface area contributed by atoms with Crippen molar-refractivity contribution in [1.82, 2.24) is 5.32 Å². The van der Waals surface area contributed by atoms with Gasteiger partial charge in [0.05, 0.1) is 0 Å². The van der Waals surface area contributed by atoms with Gasteiger partial charge in [-0.25, -0.2) is 0 Å². The summed E-state index contributed by atoms with van der Waals surface area (Å²) in [6, 6.07) is 0. The highest BCUT2D eigenvalue weighted by molar-refractivity contribution is 4.85. The Labute approximate surface area is 114 Å². The highest BCUT2D eigenvalue weighted by Gasteiger charge is 2.33. The van der Waals surface area contributed by atoms with Crippen molar-refractivity contribution in [3.63, 3.8) is 0 Å². The van der Waals surface area contributed by atoms with Gasteiger partial charge in [0.25, 0.3) is 0 Å². The molecule has 0 radical (unpaired) electrons. The van der Waals surface area contributed by atoms with E-state index >= 15 is 0 Å². The number of hydrogen-bond acceptors (Lipinski definition) is 1. The van der Waals surface area contributed by atoms with Crippen LogP contribution in [-0.4, -0.2) is 13.1 Å². The largest absolute Gasteiger partial charge is 0.317 e. The standard InChI is InChI=1S/C17H33N/c1-3-18-13-16-11-10-14(2)12-17(16)15-8-6-4-5-7-9-15/h14-18H,3-13H2,1-2H3. The van der Waals surface area contributed by atoms with Crippen molar-refractivity contribution in [1.29, 1.82) is 0 Å². The minimum absolute atomic E-state index is 0.976. The lowest BCUT2D eigenvalue weighted by atomic mass is 9.67. The zero-order valence-corrected chi connectivity index (χ0v) is 12.6. The Hall–Kier alpha value is -0.0400. The van der Waals surface area contributed by atoms with Gasteiger partial charge in [-0.05, 0) is 49.6 Å². The van der Waals surface area contributed by atoms with Crippen LogP contribution in [0, 0.1) is 23.7 Å². The topological polar surface area (TPSA) is 12.0 Å². The second kappa shape index (κ2) is 7.53. The fraction of sp³-hybridized carbons (Fsp3) is 1.00. The van der Waals surface area contributed by atoms with Crippen molar-refractivity contribution in [2.24, 2.45) is 23.7 Å². The van der Waals surface area contributed by atoms with E-state index in [-0.39, 0.29) is 0 Å². The van der Waals surface area contributed by atoms with E-state index in [1.54, 1.807) is 0 Å². The summed E-state index contributed by atoms with van der Waals surface area (Å²) in [4.78, 5) is 0. The van der Waals surface area contributed by atoms with Gasteiger partial charge in [-0.3, -0.25) is 0 Å². The average Bonchev–Trinajstić information content (AvgIpc) is 2.66. The molecule has 0 spiro atoms. The minimum Gasteiger partial charge on any atom is -0.317 e. The van der Waals surface area contributed by atoms with Crippen molar-refractivity contribution in [3.8, 4) is 0 Å². The van der Waals surface area contributed by atoms with E-state index in [9.17, 15) is 0 Å². The van der Waals surface area contributed by atoms with Crippen LogP contribution in [0.15, 0.2) is 0 Å². The van der Waals surface area contributed by atoms with Gasteiger partial charge in [0, 0.05) is 0 Å². The van der Waals surface area contributed by atoms with Gasteiger partial charge in [0.2, 0.25) is 0 Å². The molecule has 2 saturated carbocycles. The smallest absolute Gasteiger partial charge is 0.00179 e. The molecule has 0 aromatic rings. The lowest BCUT2D eigenvalue weighted by Gasteiger charge is -2.40. The molecule has 106 valence electrons. The van der Waals surface area contributed by atoms with Crippen LogP contribution in [-0.2, 0) is 0 Å². The SMILES string of the molecule is CCNCC1CCC(C)CC1C1CCCCCC1. The van der Waals surface area contributed by atoms with Crippen molar-refractivity contribution < 1.29 is 0 Å². The van der Waals surface area contributed by atoms with Gasteiger partial charge in [0.1, 0.15) is 0 Å². The van der Waals surface area contributed by atoms with E-state index < -0.39 is 0 Å². The highest BCUT2D eigenvalue weighted by Crippen LogP contribution is 2.42. The van der Waals surface area contributed by atoms with Gasteiger partial charge in [-0.2, -0.15) is 0 Å². The molecule has 18 heavy (non-hydrogen) atoms. The minimum atomic E-state index is 0.976. The molecule has 0 amide bonds. The number of nitrogens with one attached hydrogen (secondary N) is 1. The lowest BCUT2D eigenvalue weighted by Crippen LogP contribution is -2.36. The van der Waals surface area contributed by atoms with E-state index in [1.807, 2.05) is 0 Å². The monoisotopic (exact) mass is 251 g/mol. The van der Waals surface area contributed by atoms with Crippen molar-refractivity contribution in [3.05, 3.63) is 0 Å². The highest BCUT2D eigenvalue weighted by atomic mass is 14.8. The average molecular weight is 251 g/mol. The zero-order valence-electron chi connectivity index (χ0n) is 12.6. The maximum Gasteiger partial charge on any atom is -0.00179 e. The van der Waals surface area contributed by atoms with Gasteiger partial charge in [-0.15, -0.1) is 0 Å². The first-order valence-corrected chi connectivity index (χ1v) is 8.52. The summed E-state index contributed by atoms with van der Waals surface area (Å²) >= 11 is 0. The maximum absolute atomic E-state index is 3.62. The van der Waals surface area contributed by atoms with Crippen LogP contribution in [0.4, 0.5) is 0 Å². The van der Waals surface area contributed by atoms with Crippen LogP contribution in [0.2, 0.25) is 0 Å². The summed E-state index contributed by atoms with van der Waals surface area (Å²) in [7, 11) is 0. The second-order valence-electron chi connectivity index (χ2n) is 6.90. The molecule has 0 heterocycles. The summed E-state index contributed by atoms with van der Waals surface area (Å²) < 4.78 is 0. The molecule has 0 bridgehead atoms.